The van der Waals surface area contributed by atoms with Crippen molar-refractivity contribution in [2.45, 2.75) is 192 Å². The van der Waals surface area contributed by atoms with E-state index in [0.29, 0.717) is 6.42 Å². The first-order valence-electron chi connectivity index (χ1n) is 21.9. The summed E-state index contributed by atoms with van der Waals surface area (Å²) in [4.78, 5) is 30.4. The van der Waals surface area contributed by atoms with Gasteiger partial charge in [0, 0.05) is 0 Å². The highest BCUT2D eigenvalue weighted by atomic mass is 31.3. The van der Waals surface area contributed by atoms with Gasteiger partial charge in [0.2, 0.25) is 0 Å². The van der Waals surface area contributed by atoms with Gasteiger partial charge in [0.1, 0.15) is 0 Å². The number of allylic oxidation sites excluding steroid dienone is 19. The molecule has 2 unspecified atom stereocenters. The van der Waals surface area contributed by atoms with Crippen LogP contribution in [0.2, 0.25) is 0 Å². The lowest BCUT2D eigenvalue weighted by Gasteiger charge is -2.26. The van der Waals surface area contributed by atoms with Gasteiger partial charge in [-0.3, -0.25) is 9.13 Å². The van der Waals surface area contributed by atoms with E-state index >= 15 is 0 Å². The Hall–Kier alpha value is -2.34. The molecule has 0 radical (unpaired) electrons. The fourth-order valence-corrected chi connectivity index (χ4v) is 7.75. The van der Waals surface area contributed by atoms with Crippen LogP contribution in [0, 0.1) is 0 Å². The maximum absolute atomic E-state index is 11.4. The van der Waals surface area contributed by atoms with Crippen molar-refractivity contribution in [3.8, 4) is 0 Å². The molecular weight excluding hydrogens is 774 g/mol. The summed E-state index contributed by atoms with van der Waals surface area (Å²) in [5.74, 6) is 0. The molecule has 0 fully saturated rings. The molecule has 0 aromatic rings. The van der Waals surface area contributed by atoms with Crippen LogP contribution in [-0.4, -0.2) is 11.5 Å². The molecule has 0 saturated heterocycles. The summed E-state index contributed by atoms with van der Waals surface area (Å²) in [6, 6.07) is 0. The van der Waals surface area contributed by atoms with Gasteiger partial charge in [-0.05, 0) is 192 Å². The molecule has 0 aromatic heterocycles. The van der Waals surface area contributed by atoms with E-state index < -0.39 is 15.6 Å². The lowest BCUT2D eigenvalue weighted by atomic mass is 10.0. The number of phosphoric ester groups is 1. The van der Waals surface area contributed by atoms with Gasteiger partial charge >= 0.3 is 0 Å². The molecule has 9 heteroatoms. The fourth-order valence-electron chi connectivity index (χ4n) is 6.30. The Morgan fingerprint density at radius 2 is 0.593 bits per heavy atom. The van der Waals surface area contributed by atoms with Gasteiger partial charge in [0.05, 0.1) is 6.61 Å². The SMILES string of the molecule is CC(C)=CCC/C(C)=C/CC/C(C)=C/CC/C(C)=C/CC/C(C)=C/CC/C(C)=C/CC/C(C)=C/CC/C(C)=C/CC/C(C)=C/CC/C(C)=C/COP(=O)([O-])OP(=O)([O-])O. The highest BCUT2D eigenvalue weighted by Crippen LogP contribution is 2.52. The summed E-state index contributed by atoms with van der Waals surface area (Å²) in [5, 5.41) is 0. The first-order valence-corrected chi connectivity index (χ1v) is 24.9. The zero-order valence-corrected chi connectivity index (χ0v) is 40.8. The van der Waals surface area contributed by atoms with E-state index in [-0.39, 0.29) is 6.61 Å². The Balaban J connectivity index is 4.30. The predicted octanol–water partition coefficient (Wildman–Crippen LogP) is 15.5. The van der Waals surface area contributed by atoms with Gasteiger partial charge in [0.25, 0.3) is 15.6 Å². The molecule has 336 valence electrons. The van der Waals surface area contributed by atoms with Gasteiger partial charge in [-0.1, -0.05) is 116 Å². The fraction of sp³-hybridized carbons (Fsp3) is 0.600. The van der Waals surface area contributed by atoms with Crippen molar-refractivity contribution < 1.29 is 32.6 Å². The Kier molecular flexibility index (Phi) is 32.0. The molecule has 0 rings (SSSR count). The van der Waals surface area contributed by atoms with E-state index in [0.717, 1.165) is 108 Å². The summed E-state index contributed by atoms with van der Waals surface area (Å²) >= 11 is 0. The number of hydrogen-bond acceptors (Lipinski definition) is 6. The van der Waals surface area contributed by atoms with Crippen LogP contribution < -0.4 is 9.79 Å². The van der Waals surface area contributed by atoms with Crippen molar-refractivity contribution in [1.82, 2.24) is 0 Å². The van der Waals surface area contributed by atoms with Crippen LogP contribution in [0.15, 0.2) is 116 Å². The highest BCUT2D eigenvalue weighted by Gasteiger charge is 2.15. The van der Waals surface area contributed by atoms with Gasteiger partial charge in [-0.15, -0.1) is 0 Å². The zero-order valence-electron chi connectivity index (χ0n) is 39.0. The van der Waals surface area contributed by atoms with Crippen molar-refractivity contribution in [1.29, 1.82) is 0 Å². The molecule has 0 bridgehead atoms. The Bertz CT molecular complexity index is 1640. The summed E-state index contributed by atoms with van der Waals surface area (Å²) in [6.45, 7) is 23.8. The lowest BCUT2D eigenvalue weighted by Crippen LogP contribution is -2.11. The average Bonchev–Trinajstić information content (AvgIpc) is 3.10. The number of rotatable bonds is 32. The first kappa shape index (κ1) is 56.7. The van der Waals surface area contributed by atoms with Gasteiger partial charge in [0.15, 0.2) is 0 Å². The van der Waals surface area contributed by atoms with Crippen LogP contribution in [-0.2, 0) is 18.0 Å². The molecule has 2 atom stereocenters. The van der Waals surface area contributed by atoms with E-state index in [9.17, 15) is 18.9 Å². The minimum Gasteiger partial charge on any atom is -0.756 e. The minimum absolute atomic E-state index is 0.363. The maximum atomic E-state index is 11.4. The molecule has 0 aromatic carbocycles. The van der Waals surface area contributed by atoms with Crippen LogP contribution in [0.3, 0.4) is 0 Å². The second-order valence-electron chi connectivity index (χ2n) is 16.9. The third-order valence-corrected chi connectivity index (χ3v) is 12.3. The quantitative estimate of drug-likeness (QED) is 0.0528. The largest absolute Gasteiger partial charge is 0.756 e. The van der Waals surface area contributed by atoms with Crippen LogP contribution in [0.1, 0.15) is 192 Å². The van der Waals surface area contributed by atoms with Gasteiger partial charge < -0.3 is 19.2 Å². The monoisotopic (exact) mass is 857 g/mol. The normalized spacial score (nSPS) is 16.7. The smallest absolute Gasteiger partial charge is 0.274 e. The molecule has 7 nitrogen and oxygen atoms in total. The molecular formula is C50H82O7P2-2. The predicted molar refractivity (Wildman–Crippen MR) is 251 cm³/mol. The van der Waals surface area contributed by atoms with Crippen molar-refractivity contribution >= 4 is 15.6 Å². The van der Waals surface area contributed by atoms with Gasteiger partial charge in [-0.2, -0.15) is 0 Å². The third kappa shape index (κ3) is 38.3. The van der Waals surface area contributed by atoms with Crippen molar-refractivity contribution in [3.05, 3.63) is 116 Å². The summed E-state index contributed by atoms with van der Waals surface area (Å²) in [5.41, 5.74) is 14.0. The molecule has 0 aliphatic heterocycles. The Labute approximate surface area is 361 Å². The molecule has 0 spiro atoms. The molecule has 0 aliphatic rings. The van der Waals surface area contributed by atoms with E-state index in [1.807, 2.05) is 6.92 Å². The molecule has 0 aliphatic carbocycles. The Morgan fingerprint density at radius 3 is 0.797 bits per heavy atom. The van der Waals surface area contributed by atoms with Crippen LogP contribution in [0.5, 0.6) is 0 Å². The van der Waals surface area contributed by atoms with E-state index in [1.54, 1.807) is 6.08 Å². The standard InChI is InChI=1S/C50H84O7P2/c1-41(2)21-12-22-42(3)23-13-24-43(4)25-14-26-44(5)27-15-28-45(6)29-16-30-46(7)31-17-32-47(8)33-18-34-48(9)35-19-36-49(10)37-20-38-50(11)39-40-56-59(54,55)57-58(51,52)53/h21,23,25,27,29,31,33,35,37,39H,12-20,22,24,26,28,30,32,34,36,38,40H2,1-11H3,(H,54,55)(H2,51,52,53)/p-2/b42-23+,43-25+,44-27+,45-29+,46-31+,47-33+,48-35+,49-37+,50-39+. The van der Waals surface area contributed by atoms with Crippen molar-refractivity contribution in [3.63, 3.8) is 0 Å². The van der Waals surface area contributed by atoms with E-state index in [1.165, 1.54) is 56.6 Å². The number of hydrogen-bond donors (Lipinski definition) is 1. The van der Waals surface area contributed by atoms with Crippen molar-refractivity contribution in [2.75, 3.05) is 6.61 Å². The topological polar surface area (TPSA) is 119 Å². The zero-order chi connectivity index (χ0) is 44.7. The van der Waals surface area contributed by atoms with Crippen molar-refractivity contribution in [2.24, 2.45) is 0 Å². The molecule has 0 amide bonds. The van der Waals surface area contributed by atoms with Gasteiger partial charge in [-0.25, -0.2) is 4.31 Å². The highest BCUT2D eigenvalue weighted by molar-refractivity contribution is 7.59. The molecule has 1 N–H and O–H groups in total. The number of phosphoric acid groups is 2. The van der Waals surface area contributed by atoms with E-state index in [4.69, 9.17) is 4.89 Å². The van der Waals surface area contributed by atoms with Crippen LogP contribution >= 0.6 is 15.6 Å². The maximum Gasteiger partial charge on any atom is 0.274 e. The molecule has 0 heterocycles. The summed E-state index contributed by atoms with van der Waals surface area (Å²) < 4.78 is 29.9. The second kappa shape index (κ2) is 33.3. The van der Waals surface area contributed by atoms with E-state index in [2.05, 4.69) is 133 Å². The molecule has 59 heavy (non-hydrogen) atoms. The summed E-state index contributed by atoms with van der Waals surface area (Å²) in [7, 11) is -10.5. The second-order valence-corrected chi connectivity index (χ2v) is 19.6. The Morgan fingerprint density at radius 1 is 0.390 bits per heavy atom. The third-order valence-electron chi connectivity index (χ3n) is 10.2. The van der Waals surface area contributed by atoms with Crippen LogP contribution in [0.25, 0.3) is 0 Å². The lowest BCUT2D eigenvalue weighted by molar-refractivity contribution is -0.240. The summed E-state index contributed by atoms with van der Waals surface area (Å²) in [6.07, 6.45) is 42.2. The first-order chi connectivity index (χ1) is 27.7. The molecule has 0 saturated carbocycles. The minimum atomic E-state index is -5.42. The van der Waals surface area contributed by atoms with Crippen LogP contribution in [0.4, 0.5) is 0 Å². The average molecular weight is 857 g/mol.